The number of hydrogen-bond donors (Lipinski definition) is 1. The van der Waals surface area contributed by atoms with E-state index in [0.29, 0.717) is 12.2 Å². The van der Waals surface area contributed by atoms with Gasteiger partial charge in [-0.25, -0.2) is 0 Å². The molecule has 0 saturated carbocycles. The van der Waals surface area contributed by atoms with Gasteiger partial charge in [0.25, 0.3) is 0 Å². The zero-order valence-electron chi connectivity index (χ0n) is 21.3. The highest BCUT2D eigenvalue weighted by molar-refractivity contribution is 8.03. The number of hydrogen-bond acceptors (Lipinski definition) is 8. The summed E-state index contributed by atoms with van der Waals surface area (Å²) in [6.45, 7) is 8.91. The molecule has 0 bridgehead atoms. The normalized spacial score (nSPS) is 21.2. The molecule has 3 aliphatic heterocycles. The Balaban J connectivity index is 1.24. The first-order valence-corrected chi connectivity index (χ1v) is 13.9. The number of ether oxygens (including phenoxy) is 2. The van der Waals surface area contributed by atoms with Crippen LogP contribution in [0.2, 0.25) is 0 Å². The number of likely N-dealkylation sites (tertiary alicyclic amines) is 1. The van der Waals surface area contributed by atoms with E-state index in [1.54, 1.807) is 11.8 Å². The summed E-state index contributed by atoms with van der Waals surface area (Å²) in [4.78, 5) is 15.9. The van der Waals surface area contributed by atoms with Crippen molar-refractivity contribution in [2.24, 2.45) is 5.92 Å². The first-order valence-electron chi connectivity index (χ1n) is 13.0. The van der Waals surface area contributed by atoms with Crippen molar-refractivity contribution in [1.29, 1.82) is 5.26 Å². The van der Waals surface area contributed by atoms with Gasteiger partial charge in [0.2, 0.25) is 0 Å². The minimum atomic E-state index is 0.127. The molecule has 3 heterocycles. The van der Waals surface area contributed by atoms with Crippen LogP contribution in [0.5, 0.6) is 5.75 Å². The Bertz CT molecular complexity index is 1180. The van der Waals surface area contributed by atoms with Crippen molar-refractivity contribution in [2.75, 3.05) is 39.4 Å². The van der Waals surface area contributed by atoms with Gasteiger partial charge in [0.15, 0.2) is 0 Å². The molecule has 0 aliphatic carbocycles. The summed E-state index contributed by atoms with van der Waals surface area (Å²) in [6.07, 6.45) is 2.90. The zero-order valence-corrected chi connectivity index (χ0v) is 22.1. The molecule has 7 nitrogen and oxygen atoms in total. The Labute approximate surface area is 223 Å². The van der Waals surface area contributed by atoms with Gasteiger partial charge in [-0.3, -0.25) is 9.80 Å². The smallest absolute Gasteiger partial charge is 0.132 e. The standard InChI is InChI=1S/C29H34N4O3S/c1-21-14-24(17-32-10-12-35-13-11-32)2-4-25(21)19-36-28-5-3-23(16-30)15-26(28)27-20-37-29(31-27)33-8-6-22(18-34)7-9-33/h2-5,14-15,18,20,22,29,31H,6-13,17,19H2,1H3. The Hall–Kier alpha value is -2.83. The van der Waals surface area contributed by atoms with Gasteiger partial charge in [-0.15, -0.1) is 0 Å². The molecule has 0 aromatic heterocycles. The number of carbonyl (C=O) groups excluding carboxylic acids is 1. The van der Waals surface area contributed by atoms with Crippen LogP contribution in [-0.4, -0.2) is 61.0 Å². The number of aryl methyl sites for hydroxylation is 1. The first-order chi connectivity index (χ1) is 18.1. The molecule has 3 aliphatic rings. The van der Waals surface area contributed by atoms with Crippen LogP contribution in [0.15, 0.2) is 41.8 Å². The number of benzene rings is 2. The number of thioether (sulfide) groups is 1. The lowest BCUT2D eigenvalue weighted by Gasteiger charge is -2.34. The van der Waals surface area contributed by atoms with E-state index in [-0.39, 0.29) is 11.4 Å². The maximum Gasteiger partial charge on any atom is 0.132 e. The summed E-state index contributed by atoms with van der Waals surface area (Å²) >= 11 is 1.73. The molecule has 0 radical (unpaired) electrons. The van der Waals surface area contributed by atoms with Crippen LogP contribution < -0.4 is 10.1 Å². The Kier molecular flexibility index (Phi) is 8.47. The molecular formula is C29H34N4O3S. The molecule has 194 valence electrons. The van der Waals surface area contributed by atoms with Crippen LogP contribution in [-0.2, 0) is 22.7 Å². The van der Waals surface area contributed by atoms with Crippen molar-refractivity contribution in [3.05, 3.63) is 69.6 Å². The predicted octanol–water partition coefficient (Wildman–Crippen LogP) is 4.11. The third-order valence-corrected chi connectivity index (χ3v) is 8.44. The molecule has 8 heteroatoms. The zero-order chi connectivity index (χ0) is 25.6. The number of morpholine rings is 1. The Morgan fingerprint density at radius 2 is 1.97 bits per heavy atom. The summed E-state index contributed by atoms with van der Waals surface area (Å²) in [7, 11) is 0. The average molecular weight is 519 g/mol. The molecule has 2 aromatic rings. The van der Waals surface area contributed by atoms with Gasteiger partial charge in [-0.1, -0.05) is 30.0 Å². The number of piperidine rings is 1. The molecule has 2 saturated heterocycles. The molecule has 1 unspecified atom stereocenters. The third kappa shape index (κ3) is 6.36. The van der Waals surface area contributed by atoms with Crippen LogP contribution in [0.3, 0.4) is 0 Å². The van der Waals surface area contributed by atoms with Crippen LogP contribution in [0.4, 0.5) is 0 Å². The van der Waals surface area contributed by atoms with Crippen molar-refractivity contribution >= 4 is 23.7 Å². The minimum Gasteiger partial charge on any atom is -0.488 e. The second-order valence-corrected chi connectivity index (χ2v) is 10.9. The summed E-state index contributed by atoms with van der Waals surface area (Å²) < 4.78 is 11.8. The van der Waals surface area contributed by atoms with E-state index in [9.17, 15) is 10.1 Å². The van der Waals surface area contributed by atoms with Crippen molar-refractivity contribution < 1.29 is 14.3 Å². The summed E-state index contributed by atoms with van der Waals surface area (Å²) in [5.74, 6) is 0.940. The summed E-state index contributed by atoms with van der Waals surface area (Å²) in [5, 5.41) is 15.2. The fraction of sp³-hybridized carbons (Fsp3) is 0.448. The van der Waals surface area contributed by atoms with Crippen molar-refractivity contribution in [2.45, 2.75) is 38.4 Å². The molecule has 1 N–H and O–H groups in total. The van der Waals surface area contributed by atoms with E-state index in [0.717, 1.165) is 87.6 Å². The topological polar surface area (TPSA) is 77.8 Å². The number of nitriles is 1. The maximum absolute atomic E-state index is 11.1. The fourth-order valence-corrected chi connectivity index (χ4v) is 6.11. The van der Waals surface area contributed by atoms with Crippen LogP contribution in [0.25, 0.3) is 5.70 Å². The molecule has 37 heavy (non-hydrogen) atoms. The lowest BCUT2D eigenvalue weighted by atomic mass is 9.99. The van der Waals surface area contributed by atoms with Crippen molar-refractivity contribution in [1.82, 2.24) is 15.1 Å². The Morgan fingerprint density at radius 3 is 2.70 bits per heavy atom. The van der Waals surface area contributed by atoms with Crippen LogP contribution >= 0.6 is 11.8 Å². The maximum atomic E-state index is 11.1. The monoisotopic (exact) mass is 518 g/mol. The number of nitrogens with zero attached hydrogens (tertiary/aromatic N) is 3. The van der Waals surface area contributed by atoms with Gasteiger partial charge in [-0.2, -0.15) is 5.26 Å². The molecule has 2 aromatic carbocycles. The number of aldehydes is 1. The first kappa shape index (κ1) is 25.8. The predicted molar refractivity (Wildman–Crippen MR) is 146 cm³/mol. The van der Waals surface area contributed by atoms with Crippen LogP contribution in [0.1, 0.15) is 40.7 Å². The van der Waals surface area contributed by atoms with Gasteiger partial charge in [0, 0.05) is 44.2 Å². The quantitative estimate of drug-likeness (QED) is 0.524. The third-order valence-electron chi connectivity index (χ3n) is 7.39. The van der Waals surface area contributed by atoms with Gasteiger partial charge < -0.3 is 19.6 Å². The highest BCUT2D eigenvalue weighted by Crippen LogP contribution is 2.36. The minimum absolute atomic E-state index is 0.127. The highest BCUT2D eigenvalue weighted by atomic mass is 32.2. The number of nitrogens with one attached hydrogen (secondary N) is 1. The molecule has 5 rings (SSSR count). The van der Waals surface area contributed by atoms with Crippen molar-refractivity contribution in [3.8, 4) is 11.8 Å². The van der Waals surface area contributed by atoms with E-state index in [1.807, 2.05) is 18.2 Å². The lowest BCUT2D eigenvalue weighted by molar-refractivity contribution is -0.112. The van der Waals surface area contributed by atoms with E-state index in [1.165, 1.54) is 11.1 Å². The highest BCUT2D eigenvalue weighted by Gasteiger charge is 2.29. The molecule has 0 spiro atoms. The molecule has 0 amide bonds. The van der Waals surface area contributed by atoms with E-state index < -0.39 is 0 Å². The average Bonchev–Trinajstić information content (AvgIpc) is 3.43. The van der Waals surface area contributed by atoms with Gasteiger partial charge in [0.1, 0.15) is 24.1 Å². The van der Waals surface area contributed by atoms with Crippen molar-refractivity contribution in [3.63, 3.8) is 0 Å². The fourth-order valence-electron chi connectivity index (χ4n) is 5.07. The van der Waals surface area contributed by atoms with Gasteiger partial charge >= 0.3 is 0 Å². The summed E-state index contributed by atoms with van der Waals surface area (Å²) in [6, 6.07) is 14.5. The Morgan fingerprint density at radius 1 is 1.16 bits per heavy atom. The number of rotatable bonds is 8. The van der Waals surface area contributed by atoms with Crippen LogP contribution in [0, 0.1) is 24.2 Å². The van der Waals surface area contributed by atoms with E-state index in [2.05, 4.69) is 51.7 Å². The van der Waals surface area contributed by atoms with Gasteiger partial charge in [-0.05, 0) is 60.1 Å². The second kappa shape index (κ2) is 12.1. The molecule has 2 fully saturated rings. The van der Waals surface area contributed by atoms with E-state index in [4.69, 9.17) is 9.47 Å². The van der Waals surface area contributed by atoms with E-state index >= 15 is 0 Å². The SMILES string of the molecule is Cc1cc(CN2CCOCC2)ccc1COc1ccc(C#N)cc1C1=CSC(N2CCC(C=O)CC2)N1. The largest absolute Gasteiger partial charge is 0.488 e. The summed E-state index contributed by atoms with van der Waals surface area (Å²) in [5.41, 5.74) is 6.28. The second-order valence-electron chi connectivity index (χ2n) is 9.93. The molecule has 1 atom stereocenters. The lowest BCUT2D eigenvalue weighted by Crippen LogP contribution is -2.45. The number of carbonyl (C=O) groups is 1. The van der Waals surface area contributed by atoms with Gasteiger partial charge in [0.05, 0.1) is 30.5 Å². The molecular weight excluding hydrogens is 484 g/mol.